The normalized spacial score (nSPS) is 11.5. The van der Waals surface area contributed by atoms with Crippen LogP contribution in [0.4, 0.5) is 5.69 Å². The van der Waals surface area contributed by atoms with Gasteiger partial charge in [0, 0.05) is 36.5 Å². The second-order valence-corrected chi connectivity index (χ2v) is 10.2. The standard InChI is InChI=1S/C26H32N4O5S/c1-6-29(7-2)36(33,34)23-10-8-9-21(17-23)27-26(32)20-11-13-22(14-12-20)30-19(4)24(18(3)28-30)15-16-25(31)35-5/h8-14,17H,6-7,15-16H2,1-5H3,(H,27,32). The molecule has 0 fully saturated rings. The summed E-state index contributed by atoms with van der Waals surface area (Å²) in [5.74, 6) is -0.626. The van der Waals surface area contributed by atoms with Crippen molar-refractivity contribution in [1.82, 2.24) is 14.1 Å². The molecule has 36 heavy (non-hydrogen) atoms. The molecule has 0 aliphatic carbocycles. The molecule has 10 heteroatoms. The predicted octanol–water partition coefficient (Wildman–Crippen LogP) is 3.88. The predicted molar refractivity (Wildman–Crippen MR) is 138 cm³/mol. The van der Waals surface area contributed by atoms with Crippen LogP contribution in [0.5, 0.6) is 0 Å². The number of esters is 1. The molecule has 0 unspecified atom stereocenters. The second-order valence-electron chi connectivity index (χ2n) is 8.26. The van der Waals surface area contributed by atoms with Crippen molar-refractivity contribution in [2.45, 2.75) is 45.4 Å². The molecule has 1 N–H and O–H groups in total. The number of hydrogen-bond donors (Lipinski definition) is 1. The van der Waals surface area contributed by atoms with Crippen molar-refractivity contribution in [1.29, 1.82) is 0 Å². The van der Waals surface area contributed by atoms with Gasteiger partial charge in [0.1, 0.15) is 0 Å². The van der Waals surface area contributed by atoms with E-state index in [0.717, 1.165) is 22.6 Å². The molecule has 0 atom stereocenters. The second kappa shape index (κ2) is 11.5. The number of ether oxygens (including phenoxy) is 1. The van der Waals surface area contributed by atoms with Gasteiger partial charge in [0.15, 0.2) is 0 Å². The number of carbonyl (C=O) groups excluding carboxylic acids is 2. The fraction of sp³-hybridized carbons (Fsp3) is 0.346. The molecule has 0 aliphatic heterocycles. The van der Waals surface area contributed by atoms with Gasteiger partial charge < -0.3 is 10.1 Å². The third-order valence-electron chi connectivity index (χ3n) is 6.06. The van der Waals surface area contributed by atoms with Crippen LogP contribution in [0.1, 0.15) is 47.6 Å². The number of rotatable bonds is 10. The molecule has 9 nitrogen and oxygen atoms in total. The molecule has 1 aromatic heterocycles. The zero-order chi connectivity index (χ0) is 26.5. The Hall–Kier alpha value is -3.50. The SMILES string of the molecule is CCN(CC)S(=O)(=O)c1cccc(NC(=O)c2ccc(-n3nc(C)c(CCC(=O)OC)c3C)cc2)c1. The Morgan fingerprint density at radius 1 is 1.06 bits per heavy atom. The Kier molecular flexibility index (Phi) is 8.65. The Labute approximate surface area is 212 Å². The van der Waals surface area contributed by atoms with Gasteiger partial charge in [0.2, 0.25) is 10.0 Å². The average Bonchev–Trinajstić information content (AvgIpc) is 3.16. The lowest BCUT2D eigenvalue weighted by atomic mass is 10.1. The van der Waals surface area contributed by atoms with Crippen LogP contribution in [-0.4, -0.2) is 54.6 Å². The smallest absolute Gasteiger partial charge is 0.305 e. The summed E-state index contributed by atoms with van der Waals surface area (Å²) in [7, 11) is -2.26. The summed E-state index contributed by atoms with van der Waals surface area (Å²) in [5.41, 5.74) is 4.33. The molecule has 0 radical (unpaired) electrons. The van der Waals surface area contributed by atoms with E-state index in [1.165, 1.54) is 23.5 Å². The van der Waals surface area contributed by atoms with Crippen molar-refractivity contribution < 1.29 is 22.7 Å². The lowest BCUT2D eigenvalue weighted by molar-refractivity contribution is -0.140. The van der Waals surface area contributed by atoms with Gasteiger partial charge in [-0.05, 0) is 68.3 Å². The van der Waals surface area contributed by atoms with E-state index in [0.29, 0.717) is 30.8 Å². The van der Waals surface area contributed by atoms with Crippen LogP contribution < -0.4 is 5.32 Å². The molecule has 1 heterocycles. The van der Waals surface area contributed by atoms with Gasteiger partial charge in [-0.1, -0.05) is 19.9 Å². The number of nitrogens with zero attached hydrogens (tertiary/aromatic N) is 3. The Morgan fingerprint density at radius 3 is 2.33 bits per heavy atom. The maximum absolute atomic E-state index is 12.8. The summed E-state index contributed by atoms with van der Waals surface area (Å²) in [6.07, 6.45) is 0.814. The fourth-order valence-corrected chi connectivity index (χ4v) is 5.53. The van der Waals surface area contributed by atoms with Gasteiger partial charge >= 0.3 is 5.97 Å². The van der Waals surface area contributed by atoms with Crippen LogP contribution in [0.15, 0.2) is 53.4 Å². The zero-order valence-electron chi connectivity index (χ0n) is 21.2. The van der Waals surface area contributed by atoms with Crippen LogP contribution >= 0.6 is 0 Å². The van der Waals surface area contributed by atoms with Crippen LogP contribution in [0.25, 0.3) is 5.69 Å². The third-order valence-corrected chi connectivity index (χ3v) is 8.10. The average molecular weight is 513 g/mol. The van der Waals surface area contributed by atoms with E-state index >= 15 is 0 Å². The van der Waals surface area contributed by atoms with Crippen LogP contribution in [0.2, 0.25) is 0 Å². The maximum atomic E-state index is 12.8. The first-order valence-electron chi connectivity index (χ1n) is 11.8. The topological polar surface area (TPSA) is 111 Å². The van der Waals surface area contributed by atoms with E-state index in [4.69, 9.17) is 4.74 Å². The quantitative estimate of drug-likeness (QED) is 0.413. The highest BCUT2D eigenvalue weighted by Gasteiger charge is 2.22. The highest BCUT2D eigenvalue weighted by molar-refractivity contribution is 7.89. The number of aromatic nitrogens is 2. The van der Waals surface area contributed by atoms with Gasteiger partial charge in [-0.2, -0.15) is 9.40 Å². The Bertz CT molecular complexity index is 1340. The van der Waals surface area contributed by atoms with E-state index in [1.807, 2.05) is 13.8 Å². The first-order chi connectivity index (χ1) is 17.1. The minimum atomic E-state index is -3.63. The number of carbonyl (C=O) groups is 2. The van der Waals surface area contributed by atoms with Gasteiger partial charge in [-0.25, -0.2) is 13.1 Å². The van der Waals surface area contributed by atoms with Crippen LogP contribution in [0.3, 0.4) is 0 Å². The largest absolute Gasteiger partial charge is 0.469 e. The van der Waals surface area contributed by atoms with Crippen molar-refractivity contribution in [3.05, 3.63) is 71.0 Å². The molecule has 0 saturated carbocycles. The number of aryl methyl sites for hydroxylation is 1. The van der Waals surface area contributed by atoms with Gasteiger partial charge in [-0.15, -0.1) is 0 Å². The minimum Gasteiger partial charge on any atom is -0.469 e. The van der Waals surface area contributed by atoms with E-state index in [2.05, 4.69) is 10.4 Å². The van der Waals surface area contributed by atoms with Crippen LogP contribution in [0, 0.1) is 13.8 Å². The Morgan fingerprint density at radius 2 is 1.72 bits per heavy atom. The summed E-state index contributed by atoms with van der Waals surface area (Å²) in [6.45, 7) is 8.13. The van der Waals surface area contributed by atoms with Crippen LogP contribution in [-0.2, 0) is 26.0 Å². The highest BCUT2D eigenvalue weighted by Crippen LogP contribution is 2.22. The molecule has 3 aromatic rings. The molecule has 0 bridgehead atoms. The lowest BCUT2D eigenvalue weighted by Gasteiger charge is -2.18. The number of methoxy groups -OCH3 is 1. The zero-order valence-corrected chi connectivity index (χ0v) is 22.1. The highest BCUT2D eigenvalue weighted by atomic mass is 32.2. The van der Waals surface area contributed by atoms with Crippen molar-refractivity contribution in [2.24, 2.45) is 0 Å². The van der Waals surface area contributed by atoms with Crippen molar-refractivity contribution >= 4 is 27.6 Å². The summed E-state index contributed by atoms with van der Waals surface area (Å²) in [4.78, 5) is 24.5. The van der Waals surface area contributed by atoms with E-state index < -0.39 is 10.0 Å². The number of benzene rings is 2. The molecular formula is C26H32N4O5S. The van der Waals surface area contributed by atoms with Gasteiger partial charge in [-0.3, -0.25) is 9.59 Å². The first-order valence-corrected chi connectivity index (χ1v) is 13.2. The molecule has 0 aliphatic rings. The van der Waals surface area contributed by atoms with Crippen molar-refractivity contribution in [2.75, 3.05) is 25.5 Å². The van der Waals surface area contributed by atoms with E-state index in [1.54, 1.807) is 54.9 Å². The summed E-state index contributed by atoms with van der Waals surface area (Å²) >= 11 is 0. The maximum Gasteiger partial charge on any atom is 0.305 e. The molecule has 2 aromatic carbocycles. The van der Waals surface area contributed by atoms with Crippen molar-refractivity contribution in [3.8, 4) is 5.69 Å². The Balaban J connectivity index is 1.76. The molecule has 1 amide bonds. The lowest BCUT2D eigenvalue weighted by Crippen LogP contribution is -2.30. The fourth-order valence-electron chi connectivity index (χ4n) is 4.02. The van der Waals surface area contributed by atoms with E-state index in [9.17, 15) is 18.0 Å². The number of hydrogen-bond acceptors (Lipinski definition) is 6. The molecule has 192 valence electrons. The molecule has 3 rings (SSSR count). The molecule has 0 saturated heterocycles. The van der Waals surface area contributed by atoms with Crippen molar-refractivity contribution in [3.63, 3.8) is 0 Å². The number of sulfonamides is 1. The minimum absolute atomic E-state index is 0.131. The third kappa shape index (κ3) is 5.83. The number of amides is 1. The summed E-state index contributed by atoms with van der Waals surface area (Å²) < 4.78 is 33.5. The monoisotopic (exact) mass is 512 g/mol. The molecule has 0 spiro atoms. The van der Waals surface area contributed by atoms with Gasteiger partial charge in [0.05, 0.1) is 23.4 Å². The first kappa shape index (κ1) is 27.1. The molecular weight excluding hydrogens is 480 g/mol. The summed E-state index contributed by atoms with van der Waals surface area (Å²) in [5, 5.41) is 7.36. The summed E-state index contributed by atoms with van der Waals surface area (Å²) in [6, 6.07) is 13.2. The number of anilines is 1. The number of nitrogens with one attached hydrogen (secondary N) is 1. The van der Waals surface area contributed by atoms with Gasteiger partial charge in [0.25, 0.3) is 5.91 Å². The van der Waals surface area contributed by atoms with E-state index in [-0.39, 0.29) is 23.2 Å².